The zero-order valence-corrected chi connectivity index (χ0v) is 13.6. The molecular formula is C16H12ClN3O4. The lowest BCUT2D eigenvalue weighted by Gasteiger charge is -2.33. The van der Waals surface area contributed by atoms with Crippen LogP contribution in [0.2, 0.25) is 5.02 Å². The fourth-order valence-corrected chi connectivity index (χ4v) is 3.06. The second-order valence-electron chi connectivity index (χ2n) is 5.82. The van der Waals surface area contributed by atoms with Gasteiger partial charge in [0.1, 0.15) is 5.56 Å². The summed E-state index contributed by atoms with van der Waals surface area (Å²) in [6, 6.07) is 5.80. The average molecular weight is 346 g/mol. The molecule has 1 aliphatic heterocycles. The van der Waals surface area contributed by atoms with Gasteiger partial charge in [-0.15, -0.1) is 0 Å². The molecule has 0 saturated heterocycles. The number of benzene rings is 1. The third kappa shape index (κ3) is 2.16. The number of hydrogen-bond donors (Lipinski definition) is 0. The molecule has 1 aromatic carbocycles. The van der Waals surface area contributed by atoms with E-state index < -0.39 is 28.0 Å². The maximum Gasteiger partial charge on any atom is 0.283 e. The van der Waals surface area contributed by atoms with E-state index in [1.165, 1.54) is 6.07 Å². The number of hydrogen-bond acceptors (Lipinski definition) is 5. The van der Waals surface area contributed by atoms with Crippen LogP contribution in [0.15, 0.2) is 36.7 Å². The van der Waals surface area contributed by atoms with Gasteiger partial charge in [-0.2, -0.15) is 0 Å². The maximum absolute atomic E-state index is 12.8. The van der Waals surface area contributed by atoms with Crippen LogP contribution in [0.1, 0.15) is 40.1 Å². The molecule has 0 fully saturated rings. The van der Waals surface area contributed by atoms with Gasteiger partial charge in [0.25, 0.3) is 17.5 Å². The molecule has 24 heavy (non-hydrogen) atoms. The van der Waals surface area contributed by atoms with E-state index in [0.717, 1.165) is 11.0 Å². The zero-order valence-electron chi connectivity index (χ0n) is 12.8. The van der Waals surface area contributed by atoms with E-state index in [0.29, 0.717) is 5.56 Å². The highest BCUT2D eigenvalue weighted by Crippen LogP contribution is 2.41. The number of aromatic nitrogens is 1. The molecule has 0 radical (unpaired) electrons. The van der Waals surface area contributed by atoms with Crippen LogP contribution in [-0.2, 0) is 5.54 Å². The number of rotatable bonds is 3. The van der Waals surface area contributed by atoms with Crippen LogP contribution in [0.5, 0.6) is 0 Å². The second-order valence-corrected chi connectivity index (χ2v) is 6.23. The Morgan fingerprint density at radius 2 is 1.83 bits per heavy atom. The van der Waals surface area contributed by atoms with Crippen LogP contribution < -0.4 is 0 Å². The van der Waals surface area contributed by atoms with E-state index >= 15 is 0 Å². The largest absolute Gasteiger partial charge is 0.283 e. The first-order valence-electron chi connectivity index (χ1n) is 7.03. The Bertz CT molecular complexity index is 880. The van der Waals surface area contributed by atoms with Gasteiger partial charge in [0, 0.05) is 18.5 Å². The van der Waals surface area contributed by atoms with Crippen molar-refractivity contribution in [1.29, 1.82) is 0 Å². The highest BCUT2D eigenvalue weighted by molar-refractivity contribution is 6.37. The molecule has 8 heteroatoms. The Hall–Kier alpha value is -2.80. The predicted octanol–water partition coefficient (Wildman–Crippen LogP) is 3.17. The van der Waals surface area contributed by atoms with Gasteiger partial charge in [-0.05, 0) is 31.5 Å². The smallest absolute Gasteiger partial charge is 0.268 e. The van der Waals surface area contributed by atoms with Gasteiger partial charge in [-0.3, -0.25) is 29.6 Å². The number of halogens is 1. The lowest BCUT2D eigenvalue weighted by Crippen LogP contribution is -2.45. The van der Waals surface area contributed by atoms with Gasteiger partial charge in [0.05, 0.1) is 21.0 Å². The van der Waals surface area contributed by atoms with E-state index in [1.54, 1.807) is 38.4 Å². The van der Waals surface area contributed by atoms with Crippen molar-refractivity contribution in [2.45, 2.75) is 19.4 Å². The van der Waals surface area contributed by atoms with Gasteiger partial charge in [-0.1, -0.05) is 17.7 Å². The molecule has 2 aromatic rings. The van der Waals surface area contributed by atoms with Crippen molar-refractivity contribution in [3.63, 3.8) is 0 Å². The summed E-state index contributed by atoms with van der Waals surface area (Å²) in [7, 11) is 0. The Morgan fingerprint density at radius 3 is 2.42 bits per heavy atom. The van der Waals surface area contributed by atoms with E-state index in [-0.39, 0.29) is 16.1 Å². The Labute approximate surface area is 142 Å². The molecule has 1 aromatic heterocycles. The number of fused-ring (bicyclic) bond motifs is 1. The van der Waals surface area contributed by atoms with E-state index in [1.807, 2.05) is 0 Å². The number of nitro benzene ring substituents is 1. The lowest BCUT2D eigenvalue weighted by atomic mass is 9.94. The van der Waals surface area contributed by atoms with Crippen LogP contribution in [0.25, 0.3) is 0 Å². The van der Waals surface area contributed by atoms with Crippen LogP contribution in [0.3, 0.4) is 0 Å². The summed E-state index contributed by atoms with van der Waals surface area (Å²) < 4.78 is 0. The molecule has 0 spiro atoms. The topological polar surface area (TPSA) is 93.4 Å². The first-order chi connectivity index (χ1) is 11.3. The molecule has 3 rings (SSSR count). The lowest BCUT2D eigenvalue weighted by molar-refractivity contribution is -0.385. The SMILES string of the molecule is CC(C)(c1cccnc1)N1C(=O)c2c(Cl)ccc([N+](=O)[O-])c2C1=O. The van der Waals surface area contributed by atoms with E-state index in [4.69, 9.17) is 11.6 Å². The molecule has 122 valence electrons. The Kier molecular flexibility index (Phi) is 3.60. The number of nitro groups is 1. The van der Waals surface area contributed by atoms with Crippen LogP contribution in [-0.4, -0.2) is 26.6 Å². The molecule has 2 heterocycles. The maximum atomic E-state index is 12.8. The molecular weight excluding hydrogens is 334 g/mol. The first kappa shape index (κ1) is 16.1. The number of imide groups is 1. The van der Waals surface area contributed by atoms with Crippen molar-refractivity contribution in [1.82, 2.24) is 9.88 Å². The Balaban J connectivity index is 2.20. The second kappa shape index (κ2) is 5.38. The molecule has 1 aliphatic rings. The van der Waals surface area contributed by atoms with Gasteiger partial charge in [0.2, 0.25) is 0 Å². The molecule has 0 aliphatic carbocycles. The van der Waals surface area contributed by atoms with Crippen LogP contribution in [0.4, 0.5) is 5.69 Å². The van der Waals surface area contributed by atoms with Crippen molar-refractivity contribution in [2.75, 3.05) is 0 Å². The number of pyridine rings is 1. The molecule has 2 amide bonds. The zero-order chi connectivity index (χ0) is 17.6. The summed E-state index contributed by atoms with van der Waals surface area (Å²) >= 11 is 6.03. The van der Waals surface area contributed by atoms with E-state index in [9.17, 15) is 19.7 Å². The fourth-order valence-electron chi connectivity index (χ4n) is 2.82. The molecule has 0 bridgehead atoms. The molecule has 7 nitrogen and oxygen atoms in total. The van der Waals surface area contributed by atoms with Crippen molar-refractivity contribution in [3.05, 3.63) is 68.5 Å². The van der Waals surface area contributed by atoms with Gasteiger partial charge < -0.3 is 0 Å². The third-order valence-corrected chi connectivity index (χ3v) is 4.41. The van der Waals surface area contributed by atoms with Crippen molar-refractivity contribution in [2.24, 2.45) is 0 Å². The minimum Gasteiger partial charge on any atom is -0.268 e. The minimum atomic E-state index is -1.04. The van der Waals surface area contributed by atoms with Gasteiger partial charge in [-0.25, -0.2) is 0 Å². The summed E-state index contributed by atoms with van der Waals surface area (Å²) in [6.07, 6.45) is 3.11. The summed E-state index contributed by atoms with van der Waals surface area (Å²) in [5.41, 5.74) is -1.25. The highest BCUT2D eigenvalue weighted by Gasteiger charge is 2.49. The number of carbonyl (C=O) groups is 2. The molecule has 0 atom stereocenters. The summed E-state index contributed by atoms with van der Waals surface area (Å²) in [6.45, 7) is 3.34. The summed E-state index contributed by atoms with van der Waals surface area (Å²) in [5, 5.41) is 11.2. The first-order valence-corrected chi connectivity index (χ1v) is 7.41. The minimum absolute atomic E-state index is 0.0124. The van der Waals surface area contributed by atoms with Crippen molar-refractivity contribution >= 4 is 29.1 Å². The predicted molar refractivity (Wildman–Crippen MR) is 85.9 cm³/mol. The fraction of sp³-hybridized carbons (Fsp3) is 0.188. The normalized spacial score (nSPS) is 14.0. The summed E-state index contributed by atoms with van der Waals surface area (Å²) in [5.74, 6) is -1.39. The monoisotopic (exact) mass is 345 g/mol. The number of amides is 2. The molecule has 0 saturated carbocycles. The van der Waals surface area contributed by atoms with Crippen LogP contribution >= 0.6 is 11.6 Å². The molecule has 0 N–H and O–H groups in total. The van der Waals surface area contributed by atoms with Gasteiger partial charge in [0.15, 0.2) is 0 Å². The summed E-state index contributed by atoms with van der Waals surface area (Å²) in [4.78, 5) is 41.1. The molecule has 0 unspecified atom stereocenters. The van der Waals surface area contributed by atoms with Crippen molar-refractivity contribution < 1.29 is 14.5 Å². The number of nitrogens with zero attached hydrogens (tertiary/aromatic N) is 3. The van der Waals surface area contributed by atoms with Gasteiger partial charge >= 0.3 is 0 Å². The Morgan fingerprint density at radius 1 is 1.17 bits per heavy atom. The number of carbonyl (C=O) groups excluding carboxylic acids is 2. The quantitative estimate of drug-likeness (QED) is 0.484. The van der Waals surface area contributed by atoms with E-state index in [2.05, 4.69) is 4.98 Å². The highest BCUT2D eigenvalue weighted by atomic mass is 35.5. The van der Waals surface area contributed by atoms with Crippen molar-refractivity contribution in [3.8, 4) is 0 Å². The standard InChI is InChI=1S/C16H12ClN3O4/c1-16(2,9-4-3-7-18-8-9)19-14(21)12-10(17)5-6-11(20(23)24)13(12)15(19)22/h3-8H,1-2H3. The third-order valence-electron chi connectivity index (χ3n) is 4.09. The average Bonchev–Trinajstić information content (AvgIpc) is 2.81. The van der Waals surface area contributed by atoms with Crippen LogP contribution in [0, 0.1) is 10.1 Å².